The summed E-state index contributed by atoms with van der Waals surface area (Å²) in [6.07, 6.45) is -4.43. The average molecular weight is 309 g/mol. The van der Waals surface area contributed by atoms with Crippen molar-refractivity contribution in [1.29, 1.82) is 0 Å². The molecule has 0 unspecified atom stereocenters. The van der Waals surface area contributed by atoms with Crippen LogP contribution in [0.25, 0.3) is 16.0 Å². The first kappa shape index (κ1) is 14.1. The maximum absolute atomic E-state index is 12.7. The lowest BCUT2D eigenvalue weighted by Crippen LogP contribution is -2.00. The summed E-state index contributed by atoms with van der Waals surface area (Å²) < 4.78 is 43.5. The molecule has 0 saturated carbocycles. The molecule has 0 aliphatic heterocycles. The highest BCUT2D eigenvalue weighted by molar-refractivity contribution is 7.19. The van der Waals surface area contributed by atoms with Gasteiger partial charge in [0.15, 0.2) is 0 Å². The van der Waals surface area contributed by atoms with E-state index in [-0.39, 0.29) is 27.0 Å². The fourth-order valence-electron chi connectivity index (χ4n) is 1.47. The van der Waals surface area contributed by atoms with Crippen molar-refractivity contribution in [2.75, 3.05) is 6.61 Å². The third kappa shape index (κ3) is 2.82. The molecule has 2 aromatic rings. The van der Waals surface area contributed by atoms with E-state index in [1.165, 1.54) is 0 Å². The van der Waals surface area contributed by atoms with Gasteiger partial charge in [-0.2, -0.15) is 13.2 Å². The second-order valence-corrected chi connectivity index (χ2v) is 4.91. The first-order chi connectivity index (χ1) is 8.82. The molecule has 0 radical (unpaired) electrons. The summed E-state index contributed by atoms with van der Waals surface area (Å²) in [6, 6.07) is 0.941. The smallest absolute Gasteiger partial charge is 0.425 e. The third-order valence-electron chi connectivity index (χ3n) is 2.21. The zero-order valence-electron chi connectivity index (χ0n) is 9.71. The number of nitrogens with zero attached hydrogens (tertiary/aromatic N) is 2. The van der Waals surface area contributed by atoms with Crippen LogP contribution in [0.5, 0.6) is 0 Å². The first-order valence-corrected chi connectivity index (χ1v) is 6.38. The predicted molar refractivity (Wildman–Crippen MR) is 68.1 cm³/mol. The Bertz CT molecular complexity index is 639. The third-order valence-corrected chi connectivity index (χ3v) is 3.55. The van der Waals surface area contributed by atoms with Crippen LogP contribution in [0.2, 0.25) is 5.28 Å². The molecule has 0 aromatic carbocycles. The van der Waals surface area contributed by atoms with E-state index in [1.807, 2.05) is 0 Å². The van der Waals surface area contributed by atoms with Crippen LogP contribution in [0, 0.1) is 0 Å². The number of thiophene rings is 1. The summed E-state index contributed by atoms with van der Waals surface area (Å²) >= 11 is 6.24. The van der Waals surface area contributed by atoms with Crippen LogP contribution < -0.4 is 0 Å². The highest BCUT2D eigenvalue weighted by Crippen LogP contribution is 2.39. The minimum absolute atomic E-state index is 0.133. The van der Waals surface area contributed by atoms with E-state index in [0.29, 0.717) is 17.9 Å². The minimum atomic E-state index is -4.43. The van der Waals surface area contributed by atoms with Crippen molar-refractivity contribution in [2.24, 2.45) is 0 Å². The summed E-state index contributed by atoms with van der Waals surface area (Å²) in [5.74, 6) is 0.173. The predicted octanol–water partition coefficient (Wildman–Crippen LogP) is 4.37. The number of alkyl halides is 3. The molecule has 102 valence electrons. The zero-order valence-corrected chi connectivity index (χ0v) is 11.3. The monoisotopic (exact) mass is 308 g/mol. The van der Waals surface area contributed by atoms with Crippen LogP contribution >= 0.6 is 22.9 Å². The molecule has 8 heteroatoms. The molecule has 0 bridgehead atoms. The Morgan fingerprint density at radius 1 is 1.47 bits per heavy atom. The van der Waals surface area contributed by atoms with Crippen molar-refractivity contribution in [1.82, 2.24) is 9.97 Å². The Hall–Kier alpha value is -1.34. The van der Waals surface area contributed by atoms with Crippen molar-refractivity contribution in [3.05, 3.63) is 28.5 Å². The number of halogens is 4. The van der Waals surface area contributed by atoms with E-state index in [9.17, 15) is 13.2 Å². The molecule has 0 amide bonds. The minimum Gasteiger partial charge on any atom is -0.492 e. The second kappa shape index (κ2) is 4.97. The number of ether oxygens (including phenoxy) is 1. The summed E-state index contributed by atoms with van der Waals surface area (Å²) in [7, 11) is 0. The quantitative estimate of drug-likeness (QED) is 0.624. The maximum Gasteiger partial charge on any atom is 0.425 e. The van der Waals surface area contributed by atoms with Crippen molar-refractivity contribution in [2.45, 2.75) is 13.1 Å². The average Bonchev–Trinajstić information content (AvgIpc) is 2.71. The highest BCUT2D eigenvalue weighted by atomic mass is 35.5. The molecule has 2 rings (SSSR count). The van der Waals surface area contributed by atoms with E-state index < -0.39 is 11.1 Å². The van der Waals surface area contributed by atoms with Gasteiger partial charge in [0.2, 0.25) is 5.28 Å². The molecular weight excluding hydrogens is 301 g/mol. The lowest BCUT2D eigenvalue weighted by atomic mass is 10.3. The Morgan fingerprint density at radius 3 is 2.74 bits per heavy atom. The van der Waals surface area contributed by atoms with Gasteiger partial charge >= 0.3 is 6.18 Å². The molecule has 2 aromatic heterocycles. The van der Waals surface area contributed by atoms with Gasteiger partial charge in [-0.1, -0.05) is 6.58 Å². The lowest BCUT2D eigenvalue weighted by Gasteiger charge is -2.06. The molecule has 0 saturated heterocycles. The van der Waals surface area contributed by atoms with Crippen LogP contribution in [0.3, 0.4) is 0 Å². The van der Waals surface area contributed by atoms with Gasteiger partial charge in [0.1, 0.15) is 16.3 Å². The molecule has 0 spiro atoms. The fraction of sp³-hybridized carbons (Fsp3) is 0.273. The standard InChI is InChI=1S/C11H8ClF3N2OS/c1-3-18-5(2)8-9-6(16-10(12)17-8)4-7(19-9)11(13,14)15/h4H,2-3H2,1H3. The number of hydrogen-bond acceptors (Lipinski definition) is 4. The summed E-state index contributed by atoms with van der Waals surface area (Å²) in [5, 5.41) is -0.144. The molecule has 0 aliphatic rings. The number of rotatable bonds is 3. The lowest BCUT2D eigenvalue weighted by molar-refractivity contribution is -0.134. The molecule has 0 N–H and O–H groups in total. The molecule has 2 heterocycles. The van der Waals surface area contributed by atoms with Crippen molar-refractivity contribution in [3.63, 3.8) is 0 Å². The van der Waals surface area contributed by atoms with E-state index in [2.05, 4.69) is 16.5 Å². The van der Waals surface area contributed by atoms with Gasteiger partial charge in [0.25, 0.3) is 0 Å². The Balaban J connectivity index is 2.63. The number of hydrogen-bond donors (Lipinski definition) is 0. The number of fused-ring (bicyclic) bond motifs is 1. The molecule has 0 atom stereocenters. The SMILES string of the molecule is C=C(OCC)c1nc(Cl)nc2cc(C(F)(F)F)sc12. The Kier molecular flexibility index (Phi) is 3.69. The van der Waals surface area contributed by atoms with Gasteiger partial charge in [0, 0.05) is 0 Å². The summed E-state index contributed by atoms with van der Waals surface area (Å²) in [4.78, 5) is 6.91. The van der Waals surface area contributed by atoms with E-state index >= 15 is 0 Å². The van der Waals surface area contributed by atoms with Gasteiger partial charge in [-0.25, -0.2) is 9.97 Å². The topological polar surface area (TPSA) is 35.0 Å². The van der Waals surface area contributed by atoms with Gasteiger partial charge < -0.3 is 4.74 Å². The van der Waals surface area contributed by atoms with Crippen molar-refractivity contribution < 1.29 is 17.9 Å². The molecule has 19 heavy (non-hydrogen) atoms. The number of aromatic nitrogens is 2. The molecule has 3 nitrogen and oxygen atoms in total. The van der Waals surface area contributed by atoms with Crippen molar-refractivity contribution >= 4 is 38.9 Å². The Labute approximate surface area is 115 Å². The Morgan fingerprint density at radius 2 is 2.16 bits per heavy atom. The summed E-state index contributed by atoms with van der Waals surface area (Å²) in [6.45, 7) is 5.70. The molecule has 0 aliphatic carbocycles. The maximum atomic E-state index is 12.7. The second-order valence-electron chi connectivity index (χ2n) is 3.52. The van der Waals surface area contributed by atoms with Gasteiger partial charge in [-0.15, -0.1) is 11.3 Å². The highest BCUT2D eigenvalue weighted by Gasteiger charge is 2.33. The van der Waals surface area contributed by atoms with Crippen molar-refractivity contribution in [3.8, 4) is 0 Å². The summed E-state index contributed by atoms with van der Waals surface area (Å²) in [5.41, 5.74) is 0.325. The van der Waals surface area contributed by atoms with Gasteiger partial charge in [-0.05, 0) is 24.6 Å². The molecular formula is C11H8ClF3N2OS. The van der Waals surface area contributed by atoms with E-state index in [1.54, 1.807) is 6.92 Å². The van der Waals surface area contributed by atoms with Gasteiger partial charge in [0.05, 0.1) is 16.8 Å². The van der Waals surface area contributed by atoms with Crippen LogP contribution in [0.4, 0.5) is 13.2 Å². The van der Waals surface area contributed by atoms with Crippen LogP contribution in [0.15, 0.2) is 12.6 Å². The van der Waals surface area contributed by atoms with E-state index in [4.69, 9.17) is 16.3 Å². The zero-order chi connectivity index (χ0) is 14.2. The van der Waals surface area contributed by atoms with Gasteiger partial charge in [-0.3, -0.25) is 0 Å². The normalized spacial score (nSPS) is 11.8. The van der Waals surface area contributed by atoms with Crippen LogP contribution in [-0.4, -0.2) is 16.6 Å². The largest absolute Gasteiger partial charge is 0.492 e. The fourth-order valence-corrected chi connectivity index (χ4v) is 2.62. The van der Waals surface area contributed by atoms with Crippen LogP contribution in [-0.2, 0) is 10.9 Å². The first-order valence-electron chi connectivity index (χ1n) is 5.19. The molecule has 0 fully saturated rings. The van der Waals surface area contributed by atoms with Crippen LogP contribution in [0.1, 0.15) is 17.5 Å². The van der Waals surface area contributed by atoms with E-state index in [0.717, 1.165) is 6.07 Å².